The Morgan fingerprint density at radius 3 is 2.38 bits per heavy atom. The van der Waals surface area contributed by atoms with Crippen LogP contribution in [0.1, 0.15) is 65.2 Å². The van der Waals surface area contributed by atoms with E-state index in [9.17, 15) is 4.79 Å². The number of unbranched alkanes of at least 4 members (excludes halogenated alkanes) is 6. The van der Waals surface area contributed by atoms with Gasteiger partial charge < -0.3 is 4.74 Å². The second-order valence-corrected chi connectivity index (χ2v) is 4.13. The molecule has 94 valence electrons. The van der Waals surface area contributed by atoms with E-state index in [4.69, 9.17) is 4.74 Å². The van der Waals surface area contributed by atoms with Crippen molar-refractivity contribution in [1.82, 2.24) is 0 Å². The van der Waals surface area contributed by atoms with Gasteiger partial charge in [0, 0.05) is 6.08 Å². The zero-order chi connectivity index (χ0) is 12.1. The van der Waals surface area contributed by atoms with Gasteiger partial charge in [0.1, 0.15) is 0 Å². The summed E-state index contributed by atoms with van der Waals surface area (Å²) in [6.07, 6.45) is 12.9. The highest BCUT2D eigenvalue weighted by Crippen LogP contribution is 2.05. The van der Waals surface area contributed by atoms with Crippen molar-refractivity contribution in [2.45, 2.75) is 65.2 Å². The summed E-state index contributed by atoms with van der Waals surface area (Å²) in [6, 6.07) is 0. The van der Waals surface area contributed by atoms with Gasteiger partial charge in [-0.05, 0) is 19.3 Å². The van der Waals surface area contributed by atoms with Crippen LogP contribution in [0.25, 0.3) is 0 Å². The lowest BCUT2D eigenvalue weighted by atomic mass is 10.1. The maximum absolute atomic E-state index is 11.1. The van der Waals surface area contributed by atoms with Crippen LogP contribution < -0.4 is 0 Å². The Labute approximate surface area is 100 Å². The Morgan fingerprint density at radius 2 is 1.69 bits per heavy atom. The molecule has 0 heterocycles. The van der Waals surface area contributed by atoms with E-state index in [-0.39, 0.29) is 5.97 Å². The highest BCUT2D eigenvalue weighted by Gasteiger charge is 1.94. The fraction of sp³-hybridized carbons (Fsp3) is 0.786. The zero-order valence-electron chi connectivity index (χ0n) is 10.8. The van der Waals surface area contributed by atoms with Gasteiger partial charge in [0.05, 0.1) is 6.61 Å². The largest absolute Gasteiger partial charge is 0.463 e. The van der Waals surface area contributed by atoms with Crippen LogP contribution in [0.15, 0.2) is 12.2 Å². The molecular weight excluding hydrogens is 200 g/mol. The van der Waals surface area contributed by atoms with Gasteiger partial charge in [-0.15, -0.1) is 0 Å². The summed E-state index contributed by atoms with van der Waals surface area (Å²) in [5.74, 6) is -0.193. The maximum atomic E-state index is 11.1. The normalized spacial score (nSPS) is 10.9. The molecule has 2 heteroatoms. The van der Waals surface area contributed by atoms with Crippen LogP contribution in [0.2, 0.25) is 0 Å². The van der Waals surface area contributed by atoms with Crippen LogP contribution in [0.4, 0.5) is 0 Å². The average Bonchev–Trinajstić information content (AvgIpc) is 2.28. The Hall–Kier alpha value is -0.790. The van der Waals surface area contributed by atoms with Crippen molar-refractivity contribution >= 4 is 5.97 Å². The van der Waals surface area contributed by atoms with Crippen molar-refractivity contribution in [1.29, 1.82) is 0 Å². The Bertz CT molecular complexity index is 185. The average molecular weight is 226 g/mol. The smallest absolute Gasteiger partial charge is 0.330 e. The first-order valence-electron chi connectivity index (χ1n) is 6.64. The molecule has 0 bridgehead atoms. The van der Waals surface area contributed by atoms with Crippen molar-refractivity contribution in [3.05, 3.63) is 12.2 Å². The van der Waals surface area contributed by atoms with E-state index < -0.39 is 0 Å². The molecule has 0 N–H and O–H groups in total. The van der Waals surface area contributed by atoms with Crippen LogP contribution in [0.5, 0.6) is 0 Å². The molecule has 0 aromatic carbocycles. The number of ether oxygens (including phenoxy) is 1. The van der Waals surface area contributed by atoms with Gasteiger partial charge in [0.15, 0.2) is 0 Å². The standard InChI is InChI=1S/C14H26O2/c1-3-5-7-8-9-10-11-12-14(15)16-13-6-4-2/h11-12H,3-10,13H2,1-2H3. The molecule has 0 aromatic heterocycles. The molecule has 0 aliphatic heterocycles. The van der Waals surface area contributed by atoms with Crippen LogP contribution >= 0.6 is 0 Å². The fourth-order valence-corrected chi connectivity index (χ4v) is 1.41. The third-order valence-electron chi connectivity index (χ3n) is 2.47. The minimum atomic E-state index is -0.193. The summed E-state index contributed by atoms with van der Waals surface area (Å²) < 4.78 is 5.00. The summed E-state index contributed by atoms with van der Waals surface area (Å²) in [5, 5.41) is 0. The molecule has 0 atom stereocenters. The number of hydrogen-bond donors (Lipinski definition) is 0. The van der Waals surface area contributed by atoms with Crippen molar-refractivity contribution in [2.24, 2.45) is 0 Å². The Balaban J connectivity index is 3.28. The van der Waals surface area contributed by atoms with Gasteiger partial charge in [0.25, 0.3) is 0 Å². The predicted octanol–water partition coefficient (Wildman–Crippen LogP) is 4.25. The summed E-state index contributed by atoms with van der Waals surface area (Å²) in [5.41, 5.74) is 0. The van der Waals surface area contributed by atoms with E-state index in [1.54, 1.807) is 6.08 Å². The van der Waals surface area contributed by atoms with Crippen LogP contribution in [0, 0.1) is 0 Å². The SMILES string of the molecule is CCCCCCCC=CC(=O)OCCCC. The topological polar surface area (TPSA) is 26.3 Å². The molecule has 0 aliphatic rings. The van der Waals surface area contributed by atoms with Crippen LogP contribution in [-0.2, 0) is 9.53 Å². The number of carbonyl (C=O) groups is 1. The van der Waals surface area contributed by atoms with Gasteiger partial charge in [-0.25, -0.2) is 4.79 Å². The lowest BCUT2D eigenvalue weighted by molar-refractivity contribution is -0.137. The number of rotatable bonds is 10. The molecule has 0 radical (unpaired) electrons. The quantitative estimate of drug-likeness (QED) is 0.316. The summed E-state index contributed by atoms with van der Waals surface area (Å²) in [7, 11) is 0. The molecule has 0 unspecified atom stereocenters. The minimum absolute atomic E-state index is 0.193. The lowest BCUT2D eigenvalue weighted by Crippen LogP contribution is -2.01. The number of esters is 1. The van der Waals surface area contributed by atoms with Crippen LogP contribution in [0.3, 0.4) is 0 Å². The van der Waals surface area contributed by atoms with Crippen molar-refractivity contribution in [3.63, 3.8) is 0 Å². The monoisotopic (exact) mass is 226 g/mol. The first-order valence-corrected chi connectivity index (χ1v) is 6.64. The molecule has 0 rings (SSSR count). The first kappa shape index (κ1) is 15.2. The number of allylic oxidation sites excluding steroid dienone is 1. The van der Waals surface area contributed by atoms with E-state index >= 15 is 0 Å². The molecule has 0 saturated heterocycles. The molecule has 0 saturated carbocycles. The zero-order valence-corrected chi connectivity index (χ0v) is 10.8. The van der Waals surface area contributed by atoms with Gasteiger partial charge in [0.2, 0.25) is 0 Å². The summed E-state index contributed by atoms with van der Waals surface area (Å²) in [6.45, 7) is 4.85. The third-order valence-corrected chi connectivity index (χ3v) is 2.47. The van der Waals surface area contributed by atoms with Gasteiger partial charge in [-0.2, -0.15) is 0 Å². The van der Waals surface area contributed by atoms with E-state index in [0.29, 0.717) is 6.61 Å². The Kier molecular flexibility index (Phi) is 11.7. The number of carbonyl (C=O) groups excluding carboxylic acids is 1. The lowest BCUT2D eigenvalue weighted by Gasteiger charge is -1.99. The van der Waals surface area contributed by atoms with E-state index in [2.05, 4.69) is 13.8 Å². The Morgan fingerprint density at radius 1 is 1.00 bits per heavy atom. The molecule has 0 aromatic rings. The molecule has 0 spiro atoms. The van der Waals surface area contributed by atoms with E-state index in [1.165, 1.54) is 32.1 Å². The molecule has 0 amide bonds. The predicted molar refractivity (Wildman–Crippen MR) is 68.4 cm³/mol. The minimum Gasteiger partial charge on any atom is -0.463 e. The molecule has 0 aliphatic carbocycles. The second-order valence-electron chi connectivity index (χ2n) is 4.13. The third kappa shape index (κ3) is 11.3. The van der Waals surface area contributed by atoms with Gasteiger partial charge >= 0.3 is 5.97 Å². The first-order chi connectivity index (χ1) is 7.81. The summed E-state index contributed by atoms with van der Waals surface area (Å²) in [4.78, 5) is 11.1. The number of hydrogen-bond acceptors (Lipinski definition) is 2. The van der Waals surface area contributed by atoms with E-state index in [0.717, 1.165) is 19.3 Å². The van der Waals surface area contributed by atoms with Crippen molar-refractivity contribution in [2.75, 3.05) is 6.61 Å². The molecular formula is C14H26O2. The highest BCUT2D eigenvalue weighted by molar-refractivity contribution is 5.81. The molecule has 0 fully saturated rings. The van der Waals surface area contributed by atoms with E-state index in [1.807, 2.05) is 6.08 Å². The van der Waals surface area contributed by atoms with Crippen molar-refractivity contribution < 1.29 is 9.53 Å². The fourth-order valence-electron chi connectivity index (χ4n) is 1.41. The van der Waals surface area contributed by atoms with Gasteiger partial charge in [-0.3, -0.25) is 0 Å². The molecule has 2 nitrogen and oxygen atoms in total. The maximum Gasteiger partial charge on any atom is 0.330 e. The van der Waals surface area contributed by atoms with Crippen molar-refractivity contribution in [3.8, 4) is 0 Å². The summed E-state index contributed by atoms with van der Waals surface area (Å²) >= 11 is 0. The second kappa shape index (κ2) is 12.3. The highest BCUT2D eigenvalue weighted by atomic mass is 16.5. The van der Waals surface area contributed by atoms with Gasteiger partial charge in [-0.1, -0.05) is 52.0 Å². The molecule has 16 heavy (non-hydrogen) atoms. The van der Waals surface area contributed by atoms with Crippen LogP contribution in [-0.4, -0.2) is 12.6 Å².